The lowest BCUT2D eigenvalue weighted by molar-refractivity contribution is 0.0902. The van der Waals surface area contributed by atoms with E-state index in [0.717, 1.165) is 19.3 Å². The highest BCUT2D eigenvalue weighted by molar-refractivity contribution is 5.56. The van der Waals surface area contributed by atoms with Crippen LogP contribution >= 0.6 is 0 Å². The maximum Gasteiger partial charge on any atom is 0.505 e. The van der Waals surface area contributed by atoms with Crippen LogP contribution in [-0.4, -0.2) is 17.9 Å². The molecule has 0 saturated carbocycles. The largest absolute Gasteiger partial charge is 0.505 e. The fourth-order valence-electron chi connectivity index (χ4n) is 1.24. The summed E-state index contributed by atoms with van der Waals surface area (Å²) in [5.74, 6) is 0. The fraction of sp³-hybridized carbons (Fsp3) is 0.364. The van der Waals surface area contributed by atoms with Crippen LogP contribution in [0.2, 0.25) is 0 Å². The van der Waals surface area contributed by atoms with Gasteiger partial charge in [-0.05, 0) is 24.8 Å². The van der Waals surface area contributed by atoms with Gasteiger partial charge in [0.2, 0.25) is 0 Å². The van der Waals surface area contributed by atoms with Gasteiger partial charge in [0.25, 0.3) is 0 Å². The van der Waals surface area contributed by atoms with E-state index in [0.29, 0.717) is 6.61 Å². The lowest BCUT2D eigenvalue weighted by Gasteiger charge is -2.01. The van der Waals surface area contributed by atoms with E-state index in [4.69, 9.17) is 5.11 Å². The number of rotatable bonds is 5. The van der Waals surface area contributed by atoms with Gasteiger partial charge in [0.1, 0.15) is 0 Å². The Hall–Kier alpha value is -1.51. The standard InChI is InChI=1S/C11H14O3/c12-11(13)14-9-5-4-8-10-6-2-1-3-7-10/h1-3,6-7H,4-5,8-9H2,(H,12,13). The number of benzene rings is 1. The van der Waals surface area contributed by atoms with Gasteiger partial charge in [-0.15, -0.1) is 0 Å². The van der Waals surface area contributed by atoms with Crippen LogP contribution in [-0.2, 0) is 11.2 Å². The van der Waals surface area contributed by atoms with Crippen molar-refractivity contribution in [3.8, 4) is 0 Å². The summed E-state index contributed by atoms with van der Waals surface area (Å²) in [5.41, 5.74) is 1.28. The Bertz CT molecular complexity index is 269. The molecular formula is C11H14O3. The van der Waals surface area contributed by atoms with E-state index in [1.54, 1.807) is 0 Å². The van der Waals surface area contributed by atoms with Crippen molar-refractivity contribution < 1.29 is 14.6 Å². The average Bonchev–Trinajstić information content (AvgIpc) is 2.18. The zero-order valence-electron chi connectivity index (χ0n) is 7.98. The minimum atomic E-state index is -1.19. The van der Waals surface area contributed by atoms with Gasteiger partial charge in [-0.2, -0.15) is 0 Å². The van der Waals surface area contributed by atoms with E-state index in [1.807, 2.05) is 18.2 Å². The molecule has 0 aliphatic rings. The molecule has 0 atom stereocenters. The van der Waals surface area contributed by atoms with Gasteiger partial charge in [-0.1, -0.05) is 30.3 Å². The molecular weight excluding hydrogens is 180 g/mol. The molecule has 3 heteroatoms. The van der Waals surface area contributed by atoms with Crippen molar-refractivity contribution in [1.82, 2.24) is 0 Å². The highest BCUT2D eigenvalue weighted by Crippen LogP contribution is 2.04. The van der Waals surface area contributed by atoms with Gasteiger partial charge >= 0.3 is 6.16 Å². The first-order chi connectivity index (χ1) is 6.79. The Morgan fingerprint density at radius 2 is 1.93 bits per heavy atom. The van der Waals surface area contributed by atoms with Crippen molar-refractivity contribution >= 4 is 6.16 Å². The zero-order chi connectivity index (χ0) is 10.2. The van der Waals surface area contributed by atoms with E-state index < -0.39 is 6.16 Å². The maximum absolute atomic E-state index is 10.0. The van der Waals surface area contributed by atoms with Crippen molar-refractivity contribution in [2.45, 2.75) is 19.3 Å². The summed E-state index contributed by atoms with van der Waals surface area (Å²) in [6.07, 6.45) is 1.52. The van der Waals surface area contributed by atoms with E-state index in [2.05, 4.69) is 16.9 Å². The van der Waals surface area contributed by atoms with Crippen LogP contribution in [0.25, 0.3) is 0 Å². The van der Waals surface area contributed by atoms with Crippen LogP contribution in [0.15, 0.2) is 30.3 Å². The van der Waals surface area contributed by atoms with Gasteiger partial charge in [0.05, 0.1) is 6.61 Å². The number of hydrogen-bond donors (Lipinski definition) is 1. The molecule has 0 fully saturated rings. The predicted octanol–water partition coefficient (Wildman–Crippen LogP) is 2.70. The first-order valence-electron chi connectivity index (χ1n) is 4.68. The molecule has 0 unspecified atom stereocenters. The number of hydrogen-bond acceptors (Lipinski definition) is 2. The molecule has 0 saturated heterocycles. The predicted molar refractivity (Wildman–Crippen MR) is 53.4 cm³/mol. The number of aryl methyl sites for hydroxylation is 1. The molecule has 3 nitrogen and oxygen atoms in total. The quantitative estimate of drug-likeness (QED) is 0.579. The molecule has 14 heavy (non-hydrogen) atoms. The Kier molecular flexibility index (Phi) is 4.55. The van der Waals surface area contributed by atoms with Crippen LogP contribution in [0.1, 0.15) is 18.4 Å². The number of carboxylic acid groups (broad SMARTS) is 1. The van der Waals surface area contributed by atoms with Crippen LogP contribution < -0.4 is 0 Å². The normalized spacial score (nSPS) is 9.71. The third-order valence-electron chi connectivity index (χ3n) is 1.93. The monoisotopic (exact) mass is 194 g/mol. The topological polar surface area (TPSA) is 46.5 Å². The molecule has 1 N–H and O–H groups in total. The third kappa shape index (κ3) is 4.50. The molecule has 0 spiro atoms. The van der Waals surface area contributed by atoms with Gasteiger partial charge < -0.3 is 9.84 Å². The molecule has 0 bridgehead atoms. The molecule has 76 valence electrons. The zero-order valence-corrected chi connectivity index (χ0v) is 7.98. The highest BCUT2D eigenvalue weighted by atomic mass is 16.7. The summed E-state index contributed by atoms with van der Waals surface area (Å²) < 4.78 is 4.40. The molecule has 1 aromatic rings. The van der Waals surface area contributed by atoms with Crippen LogP contribution in [0.4, 0.5) is 4.79 Å². The molecule has 0 amide bonds. The van der Waals surface area contributed by atoms with Crippen molar-refractivity contribution in [3.05, 3.63) is 35.9 Å². The van der Waals surface area contributed by atoms with Crippen molar-refractivity contribution in [2.24, 2.45) is 0 Å². The second-order valence-corrected chi connectivity index (χ2v) is 3.06. The summed E-state index contributed by atoms with van der Waals surface area (Å²) in [5, 5.41) is 8.21. The number of unbranched alkanes of at least 4 members (excludes halogenated alkanes) is 1. The van der Waals surface area contributed by atoms with Gasteiger partial charge in [-0.25, -0.2) is 4.79 Å². The second-order valence-electron chi connectivity index (χ2n) is 3.06. The molecule has 1 rings (SSSR count). The minimum absolute atomic E-state index is 0.294. The Morgan fingerprint density at radius 3 is 2.57 bits per heavy atom. The molecule has 0 aliphatic heterocycles. The smallest absolute Gasteiger partial charge is 0.450 e. The summed E-state index contributed by atoms with van der Waals surface area (Å²) in [6, 6.07) is 10.1. The Labute approximate surface area is 83.3 Å². The van der Waals surface area contributed by atoms with Crippen LogP contribution in [0.5, 0.6) is 0 Å². The summed E-state index contributed by atoms with van der Waals surface area (Å²) in [4.78, 5) is 10.0. The van der Waals surface area contributed by atoms with E-state index in [9.17, 15) is 4.79 Å². The van der Waals surface area contributed by atoms with Crippen LogP contribution in [0.3, 0.4) is 0 Å². The molecule has 0 radical (unpaired) electrons. The summed E-state index contributed by atoms with van der Waals surface area (Å²) in [6.45, 7) is 0.294. The highest BCUT2D eigenvalue weighted by Gasteiger charge is 1.96. The van der Waals surface area contributed by atoms with Crippen molar-refractivity contribution in [1.29, 1.82) is 0 Å². The summed E-state index contributed by atoms with van der Waals surface area (Å²) in [7, 11) is 0. The lowest BCUT2D eigenvalue weighted by atomic mass is 10.1. The average molecular weight is 194 g/mol. The fourth-order valence-corrected chi connectivity index (χ4v) is 1.24. The first-order valence-corrected chi connectivity index (χ1v) is 4.68. The van der Waals surface area contributed by atoms with Crippen LogP contribution in [0, 0.1) is 0 Å². The van der Waals surface area contributed by atoms with Gasteiger partial charge in [0.15, 0.2) is 0 Å². The number of ether oxygens (including phenoxy) is 1. The Morgan fingerprint density at radius 1 is 1.21 bits per heavy atom. The Balaban J connectivity index is 2.08. The third-order valence-corrected chi connectivity index (χ3v) is 1.93. The van der Waals surface area contributed by atoms with Gasteiger partial charge in [0, 0.05) is 0 Å². The van der Waals surface area contributed by atoms with Gasteiger partial charge in [-0.3, -0.25) is 0 Å². The van der Waals surface area contributed by atoms with Crippen molar-refractivity contribution in [2.75, 3.05) is 6.61 Å². The second kappa shape index (κ2) is 6.02. The molecule has 0 aliphatic carbocycles. The van der Waals surface area contributed by atoms with E-state index in [1.165, 1.54) is 5.56 Å². The minimum Gasteiger partial charge on any atom is -0.450 e. The van der Waals surface area contributed by atoms with E-state index >= 15 is 0 Å². The first kappa shape index (κ1) is 10.6. The molecule has 0 heterocycles. The van der Waals surface area contributed by atoms with E-state index in [-0.39, 0.29) is 0 Å². The van der Waals surface area contributed by atoms with Crippen molar-refractivity contribution in [3.63, 3.8) is 0 Å². The maximum atomic E-state index is 10.0. The lowest BCUT2D eigenvalue weighted by Crippen LogP contribution is -2.01. The molecule has 0 aromatic heterocycles. The number of carbonyl (C=O) groups is 1. The summed E-state index contributed by atoms with van der Waals surface area (Å²) >= 11 is 0. The molecule has 1 aromatic carbocycles. The SMILES string of the molecule is O=C(O)OCCCCc1ccccc1.